The van der Waals surface area contributed by atoms with E-state index in [4.69, 9.17) is 16.3 Å². The smallest absolute Gasteiger partial charge is 0.324 e. The van der Waals surface area contributed by atoms with Crippen LogP contribution in [0, 0.1) is 0 Å². The topological polar surface area (TPSA) is 45.7 Å². The molecule has 0 saturated carbocycles. The third-order valence-corrected chi connectivity index (χ3v) is 4.86. The second kappa shape index (κ2) is 6.32. The molecule has 1 saturated heterocycles. The minimum atomic E-state index is 0.0215. The van der Waals surface area contributed by atoms with E-state index >= 15 is 0 Å². The number of benzene rings is 1. The molecule has 0 aliphatic carbocycles. The maximum atomic E-state index is 13.0. The summed E-state index contributed by atoms with van der Waals surface area (Å²) in [6.45, 7) is 2.52. The van der Waals surface area contributed by atoms with Crippen molar-refractivity contribution < 1.29 is 9.53 Å². The fourth-order valence-corrected chi connectivity index (χ4v) is 3.55. The lowest BCUT2D eigenvalue weighted by molar-refractivity contribution is 0.209. The normalized spacial score (nSPS) is 19.8. The third-order valence-electron chi connectivity index (χ3n) is 4.63. The molecule has 6 heteroatoms. The molecule has 1 aromatic carbocycles. The number of urea groups is 1. The molecule has 1 aromatic heterocycles. The van der Waals surface area contributed by atoms with Crippen LogP contribution >= 0.6 is 11.6 Å². The summed E-state index contributed by atoms with van der Waals surface area (Å²) in [4.78, 5) is 20.9. The van der Waals surface area contributed by atoms with Gasteiger partial charge in [-0.2, -0.15) is 0 Å². The molecule has 1 fully saturated rings. The highest BCUT2D eigenvalue weighted by molar-refractivity contribution is 6.31. The van der Waals surface area contributed by atoms with Crippen LogP contribution in [0.4, 0.5) is 10.5 Å². The molecule has 2 aliphatic heterocycles. The lowest BCUT2D eigenvalue weighted by Crippen LogP contribution is -2.45. The largest absolute Gasteiger partial charge is 0.490 e. The zero-order valence-electron chi connectivity index (χ0n) is 13.2. The van der Waals surface area contributed by atoms with E-state index in [1.807, 2.05) is 23.2 Å². The molecule has 24 heavy (non-hydrogen) atoms. The van der Waals surface area contributed by atoms with Crippen LogP contribution in [0.5, 0.6) is 5.75 Å². The second-order valence-electron chi connectivity index (χ2n) is 6.11. The summed E-state index contributed by atoms with van der Waals surface area (Å²) >= 11 is 6.10. The van der Waals surface area contributed by atoms with Gasteiger partial charge < -0.3 is 9.64 Å². The summed E-state index contributed by atoms with van der Waals surface area (Å²) in [6.07, 6.45) is 4.63. The minimum Gasteiger partial charge on any atom is -0.490 e. The summed E-state index contributed by atoms with van der Waals surface area (Å²) in [5.74, 6) is 1.06. The number of nitrogens with zero attached hydrogens (tertiary/aromatic N) is 3. The molecular weight excluding hydrogens is 326 g/mol. The van der Waals surface area contributed by atoms with Crippen molar-refractivity contribution in [1.82, 2.24) is 9.88 Å². The van der Waals surface area contributed by atoms with Crippen molar-refractivity contribution >= 4 is 23.3 Å². The second-order valence-corrected chi connectivity index (χ2v) is 6.55. The van der Waals surface area contributed by atoms with E-state index in [1.54, 1.807) is 23.2 Å². The number of aromatic nitrogens is 1. The molecule has 124 valence electrons. The van der Waals surface area contributed by atoms with Crippen molar-refractivity contribution in [3.63, 3.8) is 0 Å². The number of pyridine rings is 1. The number of halogens is 1. The van der Waals surface area contributed by atoms with Crippen molar-refractivity contribution in [1.29, 1.82) is 0 Å². The van der Waals surface area contributed by atoms with E-state index in [0.717, 1.165) is 25.2 Å². The van der Waals surface area contributed by atoms with E-state index in [-0.39, 0.29) is 6.03 Å². The van der Waals surface area contributed by atoms with Gasteiger partial charge in [-0.3, -0.25) is 9.88 Å². The van der Waals surface area contributed by atoms with Crippen LogP contribution in [0.15, 0.2) is 42.7 Å². The van der Waals surface area contributed by atoms with Gasteiger partial charge in [0.15, 0.2) is 0 Å². The number of carbonyl (C=O) groups excluding carboxylic acids is 1. The molecule has 2 aliphatic rings. The predicted octanol–water partition coefficient (Wildman–Crippen LogP) is 3.54. The van der Waals surface area contributed by atoms with Gasteiger partial charge in [0.05, 0.1) is 12.2 Å². The number of amides is 2. The lowest BCUT2D eigenvalue weighted by atomic mass is 10.0. The Hall–Kier alpha value is -2.27. The number of fused-ring (bicyclic) bond motifs is 1. The van der Waals surface area contributed by atoms with Crippen LogP contribution in [-0.4, -0.2) is 42.2 Å². The van der Waals surface area contributed by atoms with Crippen molar-refractivity contribution in [2.75, 3.05) is 31.1 Å². The maximum absolute atomic E-state index is 13.0. The highest BCUT2D eigenvalue weighted by Crippen LogP contribution is 2.36. The van der Waals surface area contributed by atoms with Crippen LogP contribution in [0.2, 0.25) is 5.02 Å². The first-order valence-corrected chi connectivity index (χ1v) is 8.49. The number of likely N-dealkylation sites (tertiary alicyclic amines) is 1. The molecule has 1 unspecified atom stereocenters. The van der Waals surface area contributed by atoms with E-state index in [2.05, 4.69) is 11.1 Å². The first-order chi connectivity index (χ1) is 11.7. The van der Waals surface area contributed by atoms with E-state index in [0.29, 0.717) is 29.8 Å². The Morgan fingerprint density at radius 3 is 3.04 bits per heavy atom. The lowest BCUT2D eigenvalue weighted by Gasteiger charge is -2.32. The molecule has 4 rings (SSSR count). The Morgan fingerprint density at radius 1 is 1.29 bits per heavy atom. The van der Waals surface area contributed by atoms with Crippen molar-refractivity contribution in [3.05, 3.63) is 53.3 Å². The van der Waals surface area contributed by atoms with Gasteiger partial charge >= 0.3 is 6.03 Å². The monoisotopic (exact) mass is 343 g/mol. The standard InChI is InChI=1S/C18H18ClN3O2/c19-15-3-4-17-16(10-15)22(8-9-24-17)18(23)21-7-5-14(12-21)13-2-1-6-20-11-13/h1-4,6,10-11,14H,5,7-9,12H2. The fraction of sp³-hybridized carbons (Fsp3) is 0.333. The third kappa shape index (κ3) is 2.80. The molecular formula is C18H18ClN3O2. The van der Waals surface area contributed by atoms with Crippen LogP contribution < -0.4 is 9.64 Å². The average Bonchev–Trinajstić information content (AvgIpc) is 3.11. The van der Waals surface area contributed by atoms with E-state index < -0.39 is 0 Å². The van der Waals surface area contributed by atoms with Crippen molar-refractivity contribution in [3.8, 4) is 5.75 Å². The SMILES string of the molecule is O=C(N1CCC(c2cccnc2)C1)N1CCOc2ccc(Cl)cc21. The minimum absolute atomic E-state index is 0.0215. The Labute approximate surface area is 145 Å². The predicted molar refractivity (Wildman–Crippen MR) is 92.9 cm³/mol. The summed E-state index contributed by atoms with van der Waals surface area (Å²) in [5.41, 5.74) is 1.95. The quantitative estimate of drug-likeness (QED) is 0.795. The number of ether oxygens (including phenoxy) is 1. The van der Waals surface area contributed by atoms with Gasteiger partial charge in [-0.25, -0.2) is 4.79 Å². The summed E-state index contributed by atoms with van der Waals surface area (Å²) in [5, 5.41) is 0.603. The summed E-state index contributed by atoms with van der Waals surface area (Å²) in [6, 6.07) is 9.44. The summed E-state index contributed by atoms with van der Waals surface area (Å²) in [7, 11) is 0. The first-order valence-electron chi connectivity index (χ1n) is 8.11. The Bertz CT molecular complexity index is 753. The van der Waals surface area contributed by atoms with E-state index in [9.17, 15) is 4.79 Å². The average molecular weight is 344 g/mol. The first kappa shape index (κ1) is 15.3. The molecule has 0 radical (unpaired) electrons. The highest BCUT2D eigenvalue weighted by Gasteiger charge is 2.33. The molecule has 0 bridgehead atoms. The Kier molecular flexibility index (Phi) is 4.02. The Balaban J connectivity index is 1.53. The zero-order valence-corrected chi connectivity index (χ0v) is 13.9. The van der Waals surface area contributed by atoms with Crippen LogP contribution in [0.1, 0.15) is 17.9 Å². The van der Waals surface area contributed by atoms with Gasteiger partial charge in [-0.05, 0) is 36.2 Å². The number of anilines is 1. The molecule has 0 N–H and O–H groups in total. The van der Waals surface area contributed by atoms with Gasteiger partial charge in [0.25, 0.3) is 0 Å². The molecule has 0 spiro atoms. The van der Waals surface area contributed by atoms with Gasteiger partial charge in [0.1, 0.15) is 12.4 Å². The van der Waals surface area contributed by atoms with Gasteiger partial charge in [0, 0.05) is 36.4 Å². The number of hydrogen-bond donors (Lipinski definition) is 0. The highest BCUT2D eigenvalue weighted by atomic mass is 35.5. The van der Waals surface area contributed by atoms with Crippen LogP contribution in [-0.2, 0) is 0 Å². The number of hydrogen-bond acceptors (Lipinski definition) is 3. The molecule has 1 atom stereocenters. The van der Waals surface area contributed by atoms with Gasteiger partial charge in [-0.15, -0.1) is 0 Å². The molecule has 2 amide bonds. The van der Waals surface area contributed by atoms with Crippen LogP contribution in [0.25, 0.3) is 0 Å². The summed E-state index contributed by atoms with van der Waals surface area (Å²) < 4.78 is 5.63. The zero-order chi connectivity index (χ0) is 16.5. The number of rotatable bonds is 1. The molecule has 3 heterocycles. The fourth-order valence-electron chi connectivity index (χ4n) is 3.38. The molecule has 2 aromatic rings. The Morgan fingerprint density at radius 2 is 2.21 bits per heavy atom. The van der Waals surface area contributed by atoms with Gasteiger partial charge in [0.2, 0.25) is 0 Å². The maximum Gasteiger partial charge on any atom is 0.324 e. The van der Waals surface area contributed by atoms with Crippen molar-refractivity contribution in [2.24, 2.45) is 0 Å². The van der Waals surface area contributed by atoms with Crippen molar-refractivity contribution in [2.45, 2.75) is 12.3 Å². The molecule has 5 nitrogen and oxygen atoms in total. The van der Waals surface area contributed by atoms with E-state index in [1.165, 1.54) is 5.56 Å². The number of carbonyl (C=O) groups is 1. The van der Waals surface area contributed by atoms with Crippen LogP contribution in [0.3, 0.4) is 0 Å². The van der Waals surface area contributed by atoms with Gasteiger partial charge in [-0.1, -0.05) is 17.7 Å².